The molecule has 0 heterocycles. The van der Waals surface area contributed by atoms with E-state index in [9.17, 15) is 9.59 Å². The van der Waals surface area contributed by atoms with Crippen molar-refractivity contribution < 1.29 is 9.59 Å². The average molecular weight is 420 g/mol. The van der Waals surface area contributed by atoms with Crippen LogP contribution in [0.1, 0.15) is 46.4 Å². The molecular formula is C26H29NO2S. The molecule has 0 fully saturated rings. The molecule has 3 nitrogen and oxygen atoms in total. The highest BCUT2D eigenvalue weighted by molar-refractivity contribution is 7.96. The molecule has 0 aliphatic heterocycles. The summed E-state index contributed by atoms with van der Waals surface area (Å²) in [5, 5.41) is -0.241. The van der Waals surface area contributed by atoms with Gasteiger partial charge in [-0.3, -0.25) is 9.59 Å². The van der Waals surface area contributed by atoms with Crippen LogP contribution in [0.4, 0.5) is 0 Å². The van der Waals surface area contributed by atoms with Gasteiger partial charge in [-0.2, -0.15) is 0 Å². The summed E-state index contributed by atoms with van der Waals surface area (Å²) in [7, 11) is 0. The number of benzene rings is 3. The van der Waals surface area contributed by atoms with Crippen molar-refractivity contribution in [3.63, 3.8) is 0 Å². The third kappa shape index (κ3) is 7.97. The van der Waals surface area contributed by atoms with Gasteiger partial charge >= 0.3 is 0 Å². The lowest BCUT2D eigenvalue weighted by Gasteiger charge is -2.12. The maximum Gasteiger partial charge on any atom is 0.189 e. The van der Waals surface area contributed by atoms with Crippen molar-refractivity contribution in [1.29, 1.82) is 0 Å². The van der Waals surface area contributed by atoms with Gasteiger partial charge in [0, 0.05) is 23.9 Å². The highest BCUT2D eigenvalue weighted by Gasteiger charge is 2.14. The molecule has 0 saturated carbocycles. The lowest BCUT2D eigenvalue weighted by Crippen LogP contribution is -2.13. The van der Waals surface area contributed by atoms with E-state index in [-0.39, 0.29) is 29.3 Å². The Kier molecular flexibility index (Phi) is 9.52. The van der Waals surface area contributed by atoms with Gasteiger partial charge in [0.15, 0.2) is 10.9 Å². The van der Waals surface area contributed by atoms with Crippen LogP contribution in [0.25, 0.3) is 0 Å². The van der Waals surface area contributed by atoms with Gasteiger partial charge in [-0.1, -0.05) is 97.4 Å². The van der Waals surface area contributed by atoms with Crippen molar-refractivity contribution in [2.75, 3.05) is 0 Å². The van der Waals surface area contributed by atoms with E-state index in [2.05, 4.69) is 68.1 Å². The minimum atomic E-state index is -0.314. The number of Topliss-reactive ketones (excluding diaryl/α,β-unsaturated/α-hetero) is 1. The Labute approximate surface area is 184 Å². The normalized spacial score (nSPS) is 12.3. The molecule has 0 amide bonds. The van der Waals surface area contributed by atoms with Crippen LogP contribution in [0, 0.1) is 12.8 Å². The third-order valence-electron chi connectivity index (χ3n) is 4.81. The zero-order valence-corrected chi connectivity index (χ0v) is 18.4. The average Bonchev–Trinajstić information content (AvgIpc) is 2.76. The SMILES string of the molecule is CC(CC(=O)c1ccccc1)C(=O)S.Cc1ccc(C(N)Cc2ccccc2)cc1. The van der Waals surface area contributed by atoms with Crippen molar-refractivity contribution in [2.24, 2.45) is 11.7 Å². The molecule has 3 aromatic carbocycles. The topological polar surface area (TPSA) is 60.2 Å². The highest BCUT2D eigenvalue weighted by atomic mass is 32.1. The van der Waals surface area contributed by atoms with Crippen LogP contribution >= 0.6 is 12.6 Å². The fourth-order valence-electron chi connectivity index (χ4n) is 2.91. The smallest absolute Gasteiger partial charge is 0.189 e. The number of carbonyl (C=O) groups excluding carboxylic acids is 2. The monoisotopic (exact) mass is 419 g/mol. The van der Waals surface area contributed by atoms with E-state index in [4.69, 9.17) is 5.73 Å². The van der Waals surface area contributed by atoms with Gasteiger partial charge in [0.05, 0.1) is 0 Å². The van der Waals surface area contributed by atoms with Crippen molar-refractivity contribution in [1.82, 2.24) is 0 Å². The summed E-state index contributed by atoms with van der Waals surface area (Å²) in [6, 6.07) is 27.9. The fourth-order valence-corrected chi connectivity index (χ4v) is 3.00. The van der Waals surface area contributed by atoms with Crippen LogP contribution in [0.3, 0.4) is 0 Å². The molecule has 3 aromatic rings. The number of hydrogen-bond donors (Lipinski definition) is 2. The maximum absolute atomic E-state index is 11.6. The molecule has 0 aliphatic rings. The van der Waals surface area contributed by atoms with E-state index in [0.29, 0.717) is 5.56 Å². The van der Waals surface area contributed by atoms with Crippen LogP contribution < -0.4 is 5.73 Å². The molecule has 2 unspecified atom stereocenters. The minimum absolute atomic E-state index is 0.0134. The number of thiol groups is 1. The number of ketones is 1. The predicted octanol–water partition coefficient (Wildman–Crippen LogP) is 5.59. The quantitative estimate of drug-likeness (QED) is 0.388. The zero-order chi connectivity index (χ0) is 21.9. The molecule has 0 radical (unpaired) electrons. The fraction of sp³-hybridized carbons (Fsp3) is 0.231. The van der Waals surface area contributed by atoms with Crippen molar-refractivity contribution in [3.05, 3.63) is 107 Å². The molecule has 0 aromatic heterocycles. The first-order valence-electron chi connectivity index (χ1n) is 10.0. The standard InChI is InChI=1S/C15H17N.C11H12O2S/c1-12-7-9-14(10-8-12)15(16)11-13-5-3-2-4-6-13;1-8(11(13)14)7-10(12)9-5-3-2-4-6-9/h2-10,15H,11,16H2,1H3;2-6,8H,7H2,1H3,(H,13,14). The predicted molar refractivity (Wildman–Crippen MR) is 127 cm³/mol. The maximum atomic E-state index is 11.6. The molecular weight excluding hydrogens is 390 g/mol. The highest BCUT2D eigenvalue weighted by Crippen LogP contribution is 2.16. The number of carbonyl (C=O) groups is 2. The van der Waals surface area contributed by atoms with Crippen LogP contribution in [0.15, 0.2) is 84.9 Å². The van der Waals surface area contributed by atoms with Gasteiger partial charge in [0.2, 0.25) is 0 Å². The first-order chi connectivity index (χ1) is 14.4. The number of aryl methyl sites for hydroxylation is 1. The van der Waals surface area contributed by atoms with Crippen LogP contribution in [-0.4, -0.2) is 10.9 Å². The van der Waals surface area contributed by atoms with E-state index in [1.54, 1.807) is 31.2 Å². The van der Waals surface area contributed by atoms with E-state index < -0.39 is 0 Å². The van der Waals surface area contributed by atoms with Crippen LogP contribution in [0.5, 0.6) is 0 Å². The summed E-state index contributed by atoms with van der Waals surface area (Å²) in [6.45, 7) is 3.79. The van der Waals surface area contributed by atoms with Gasteiger partial charge in [-0.05, 0) is 24.5 Å². The van der Waals surface area contributed by atoms with E-state index in [1.807, 2.05) is 12.1 Å². The third-order valence-corrected chi connectivity index (χ3v) is 5.25. The largest absolute Gasteiger partial charge is 0.324 e. The lowest BCUT2D eigenvalue weighted by molar-refractivity contribution is -0.113. The van der Waals surface area contributed by atoms with Crippen molar-refractivity contribution >= 4 is 23.5 Å². The second-order valence-corrected chi connectivity index (χ2v) is 7.88. The molecule has 0 saturated heterocycles. The van der Waals surface area contributed by atoms with Gasteiger partial charge in [0.1, 0.15) is 0 Å². The Morgan fingerprint density at radius 2 is 1.40 bits per heavy atom. The molecule has 0 bridgehead atoms. The van der Waals surface area contributed by atoms with Crippen LogP contribution in [0.2, 0.25) is 0 Å². The number of rotatable bonds is 7. The second kappa shape index (κ2) is 12.1. The Bertz CT molecular complexity index is 924. The molecule has 30 heavy (non-hydrogen) atoms. The number of hydrogen-bond acceptors (Lipinski definition) is 3. The second-order valence-electron chi connectivity index (χ2n) is 7.44. The Morgan fingerprint density at radius 1 is 0.867 bits per heavy atom. The molecule has 0 aliphatic carbocycles. The first-order valence-corrected chi connectivity index (χ1v) is 10.5. The summed E-state index contributed by atoms with van der Waals surface area (Å²) in [6.07, 6.45) is 1.12. The Morgan fingerprint density at radius 3 is 1.93 bits per heavy atom. The van der Waals surface area contributed by atoms with Gasteiger partial charge in [-0.25, -0.2) is 0 Å². The molecule has 4 heteroatoms. The molecule has 2 atom stereocenters. The Balaban J connectivity index is 0.000000216. The molecule has 3 rings (SSSR count). The Hall–Kier alpha value is -2.69. The summed E-state index contributed by atoms with van der Waals surface area (Å²) in [4.78, 5) is 22.4. The van der Waals surface area contributed by atoms with Crippen molar-refractivity contribution in [3.8, 4) is 0 Å². The van der Waals surface area contributed by atoms with E-state index in [1.165, 1.54) is 16.7 Å². The molecule has 2 N–H and O–H groups in total. The van der Waals surface area contributed by atoms with E-state index >= 15 is 0 Å². The lowest BCUT2D eigenvalue weighted by atomic mass is 9.99. The molecule has 0 spiro atoms. The summed E-state index contributed by atoms with van der Waals surface area (Å²) >= 11 is 3.69. The summed E-state index contributed by atoms with van der Waals surface area (Å²) < 4.78 is 0. The van der Waals surface area contributed by atoms with Gasteiger partial charge in [-0.15, -0.1) is 12.6 Å². The van der Waals surface area contributed by atoms with Gasteiger partial charge < -0.3 is 5.73 Å². The first kappa shape index (κ1) is 23.6. The molecule has 156 valence electrons. The zero-order valence-electron chi connectivity index (χ0n) is 17.5. The summed E-state index contributed by atoms with van der Waals surface area (Å²) in [5.74, 6) is -0.327. The minimum Gasteiger partial charge on any atom is -0.324 e. The van der Waals surface area contributed by atoms with Gasteiger partial charge in [0.25, 0.3) is 0 Å². The number of nitrogens with two attached hydrogens (primary N) is 1. The van der Waals surface area contributed by atoms with E-state index in [0.717, 1.165) is 6.42 Å². The van der Waals surface area contributed by atoms with Crippen LogP contribution in [-0.2, 0) is 11.2 Å². The van der Waals surface area contributed by atoms with Crippen molar-refractivity contribution in [2.45, 2.75) is 32.7 Å². The summed E-state index contributed by atoms with van der Waals surface area (Å²) in [5.41, 5.74) is 10.6.